The number of imidazole rings is 1. The first-order valence-corrected chi connectivity index (χ1v) is 7.08. The number of hydrogen-bond acceptors (Lipinski definition) is 6. The maximum absolute atomic E-state index is 10.0. The van der Waals surface area contributed by atoms with Crippen molar-refractivity contribution in [1.82, 2.24) is 9.55 Å². The van der Waals surface area contributed by atoms with Gasteiger partial charge in [0.25, 0.3) is 0 Å². The van der Waals surface area contributed by atoms with Crippen molar-refractivity contribution < 1.29 is 20.1 Å². The number of aliphatic hydroxyl groups excluding tert-OH is 3. The molecule has 1 saturated carbocycles. The van der Waals surface area contributed by atoms with E-state index >= 15 is 0 Å². The molecule has 0 bridgehead atoms. The summed E-state index contributed by atoms with van der Waals surface area (Å²) < 4.78 is 7.02. The smallest absolute Gasteiger partial charge is 0.165 e. The normalized spacial score (nSPS) is 35.0. The monoisotopic (exact) mass is 283 g/mol. The van der Waals surface area contributed by atoms with Gasteiger partial charge in [0.2, 0.25) is 0 Å². The van der Waals surface area contributed by atoms with Crippen LogP contribution in [0.15, 0.2) is 6.33 Å². The molecule has 2 heterocycles. The van der Waals surface area contributed by atoms with E-state index in [0.717, 1.165) is 18.5 Å². The third kappa shape index (κ3) is 2.10. The van der Waals surface area contributed by atoms with Crippen LogP contribution in [0, 0.1) is 0 Å². The molecule has 1 aromatic rings. The minimum atomic E-state index is -1.12. The van der Waals surface area contributed by atoms with Crippen LogP contribution in [0.2, 0.25) is 0 Å². The molecule has 1 saturated heterocycles. The zero-order valence-electron chi connectivity index (χ0n) is 11.2. The van der Waals surface area contributed by atoms with Gasteiger partial charge in [-0.3, -0.25) is 4.57 Å². The molecule has 20 heavy (non-hydrogen) atoms. The van der Waals surface area contributed by atoms with Crippen molar-refractivity contribution in [1.29, 1.82) is 0 Å². The number of nitrogens with two attached hydrogens (primary N) is 1. The van der Waals surface area contributed by atoms with E-state index in [0.29, 0.717) is 11.7 Å². The molecule has 112 valence electrons. The van der Waals surface area contributed by atoms with E-state index in [9.17, 15) is 10.2 Å². The topological polar surface area (TPSA) is 114 Å². The van der Waals surface area contributed by atoms with Gasteiger partial charge in [-0.15, -0.1) is 0 Å². The Morgan fingerprint density at radius 3 is 2.60 bits per heavy atom. The van der Waals surface area contributed by atoms with Crippen LogP contribution in [-0.4, -0.2) is 49.8 Å². The average Bonchev–Trinajstić information content (AvgIpc) is 3.13. The van der Waals surface area contributed by atoms with E-state index in [1.807, 2.05) is 0 Å². The van der Waals surface area contributed by atoms with Gasteiger partial charge in [-0.25, -0.2) is 4.98 Å². The molecule has 0 amide bonds. The Morgan fingerprint density at radius 1 is 1.30 bits per heavy atom. The number of nitrogens with zero attached hydrogens (tertiary/aromatic N) is 2. The van der Waals surface area contributed by atoms with Crippen molar-refractivity contribution in [2.75, 3.05) is 12.3 Å². The molecule has 7 nitrogen and oxygen atoms in total. The maximum atomic E-state index is 10.0. The van der Waals surface area contributed by atoms with Crippen LogP contribution in [0.25, 0.3) is 0 Å². The number of aromatic nitrogens is 2. The molecule has 0 radical (unpaired) electrons. The molecule has 1 aliphatic carbocycles. The summed E-state index contributed by atoms with van der Waals surface area (Å²) in [5.74, 6) is 0.847. The highest BCUT2D eigenvalue weighted by Crippen LogP contribution is 2.38. The number of hydrogen-bond donors (Lipinski definition) is 4. The summed E-state index contributed by atoms with van der Waals surface area (Å²) in [6, 6.07) is 0. The minimum Gasteiger partial charge on any atom is -0.394 e. The Balaban J connectivity index is 1.84. The SMILES string of the molecule is Nc1c(C2CCCC2)ncn1[C@@H]1O[C@H](CO)[C@@H](O)[C@H]1O. The molecule has 7 heteroatoms. The Morgan fingerprint density at radius 2 is 2.00 bits per heavy atom. The van der Waals surface area contributed by atoms with Crippen molar-refractivity contribution in [3.05, 3.63) is 12.0 Å². The van der Waals surface area contributed by atoms with Gasteiger partial charge in [-0.1, -0.05) is 12.8 Å². The van der Waals surface area contributed by atoms with Crippen LogP contribution in [0.1, 0.15) is 43.5 Å². The van der Waals surface area contributed by atoms with Crippen LogP contribution < -0.4 is 5.73 Å². The van der Waals surface area contributed by atoms with Gasteiger partial charge < -0.3 is 25.8 Å². The van der Waals surface area contributed by atoms with E-state index in [2.05, 4.69) is 4.98 Å². The molecular weight excluding hydrogens is 262 g/mol. The van der Waals surface area contributed by atoms with Crippen LogP contribution in [0.5, 0.6) is 0 Å². The highest BCUT2D eigenvalue weighted by molar-refractivity contribution is 5.39. The lowest BCUT2D eigenvalue weighted by molar-refractivity contribution is -0.0518. The van der Waals surface area contributed by atoms with Crippen molar-refractivity contribution in [3.63, 3.8) is 0 Å². The molecule has 0 spiro atoms. The molecule has 0 unspecified atom stereocenters. The van der Waals surface area contributed by atoms with Crippen LogP contribution in [0.3, 0.4) is 0 Å². The first kappa shape index (κ1) is 13.8. The van der Waals surface area contributed by atoms with Gasteiger partial charge in [-0.05, 0) is 12.8 Å². The lowest BCUT2D eigenvalue weighted by atomic mass is 10.0. The summed E-state index contributed by atoms with van der Waals surface area (Å²) in [7, 11) is 0. The van der Waals surface area contributed by atoms with Crippen LogP contribution in [-0.2, 0) is 4.74 Å². The van der Waals surface area contributed by atoms with E-state index in [1.165, 1.54) is 12.8 Å². The Labute approximate surface area is 117 Å². The predicted octanol–water partition coefficient (Wildman–Crippen LogP) is -0.266. The first-order chi connectivity index (χ1) is 9.63. The largest absolute Gasteiger partial charge is 0.394 e. The lowest BCUT2D eigenvalue weighted by Crippen LogP contribution is -2.33. The molecule has 0 aromatic carbocycles. The molecule has 1 aliphatic heterocycles. The van der Waals surface area contributed by atoms with Gasteiger partial charge in [0.1, 0.15) is 24.1 Å². The Hall–Kier alpha value is -1.15. The number of rotatable bonds is 3. The fourth-order valence-corrected chi connectivity index (χ4v) is 3.21. The highest BCUT2D eigenvalue weighted by Gasteiger charge is 2.44. The maximum Gasteiger partial charge on any atom is 0.165 e. The van der Waals surface area contributed by atoms with Crippen molar-refractivity contribution >= 4 is 5.82 Å². The highest BCUT2D eigenvalue weighted by atomic mass is 16.6. The molecule has 1 aromatic heterocycles. The lowest BCUT2D eigenvalue weighted by Gasteiger charge is -2.18. The van der Waals surface area contributed by atoms with Gasteiger partial charge in [0.05, 0.1) is 18.6 Å². The van der Waals surface area contributed by atoms with E-state index in [-0.39, 0.29) is 6.61 Å². The molecule has 3 rings (SSSR count). The van der Waals surface area contributed by atoms with Crippen LogP contribution in [0.4, 0.5) is 5.82 Å². The molecule has 4 atom stereocenters. The van der Waals surface area contributed by atoms with E-state index in [4.69, 9.17) is 15.6 Å². The van der Waals surface area contributed by atoms with Gasteiger partial charge >= 0.3 is 0 Å². The van der Waals surface area contributed by atoms with Gasteiger partial charge in [0, 0.05) is 5.92 Å². The van der Waals surface area contributed by atoms with Crippen molar-refractivity contribution in [3.8, 4) is 0 Å². The fourth-order valence-electron chi connectivity index (χ4n) is 3.21. The summed E-state index contributed by atoms with van der Waals surface area (Å²) in [6.45, 7) is -0.348. The average molecular weight is 283 g/mol. The van der Waals surface area contributed by atoms with Gasteiger partial charge in [0.15, 0.2) is 6.23 Å². The summed E-state index contributed by atoms with van der Waals surface area (Å²) in [5.41, 5.74) is 6.97. The summed E-state index contributed by atoms with van der Waals surface area (Å²) in [6.07, 6.45) is 2.23. The first-order valence-electron chi connectivity index (χ1n) is 7.08. The number of aliphatic hydroxyl groups is 3. The Kier molecular flexibility index (Phi) is 3.68. The standard InChI is InChI=1S/C13H21N3O4/c14-12-9(7-3-1-2-4-7)15-6-16(12)13-11(19)10(18)8(5-17)20-13/h6-8,10-11,13,17-19H,1-5,14H2/t8-,10-,11-,13-/m1/s1. The van der Waals surface area contributed by atoms with E-state index < -0.39 is 24.5 Å². The second-order valence-electron chi connectivity index (χ2n) is 5.63. The summed E-state index contributed by atoms with van der Waals surface area (Å²) in [4.78, 5) is 4.36. The van der Waals surface area contributed by atoms with Crippen molar-refractivity contribution in [2.45, 2.75) is 56.1 Å². The third-order valence-electron chi connectivity index (χ3n) is 4.40. The van der Waals surface area contributed by atoms with Crippen LogP contribution >= 0.6 is 0 Å². The molecule has 5 N–H and O–H groups in total. The van der Waals surface area contributed by atoms with Crippen molar-refractivity contribution in [2.24, 2.45) is 0 Å². The fraction of sp³-hybridized carbons (Fsp3) is 0.769. The zero-order valence-corrected chi connectivity index (χ0v) is 11.2. The Bertz CT molecular complexity index is 472. The van der Waals surface area contributed by atoms with Gasteiger partial charge in [-0.2, -0.15) is 0 Å². The predicted molar refractivity (Wildman–Crippen MR) is 70.9 cm³/mol. The minimum absolute atomic E-state index is 0.348. The second-order valence-corrected chi connectivity index (χ2v) is 5.63. The molecular formula is C13H21N3O4. The molecule has 2 aliphatic rings. The summed E-state index contributed by atoms with van der Waals surface area (Å²) >= 11 is 0. The third-order valence-corrected chi connectivity index (χ3v) is 4.40. The quantitative estimate of drug-likeness (QED) is 0.607. The zero-order chi connectivity index (χ0) is 14.3. The number of nitrogen functional groups attached to an aromatic ring is 1. The second kappa shape index (κ2) is 5.33. The number of ether oxygens (including phenoxy) is 1. The van der Waals surface area contributed by atoms with E-state index in [1.54, 1.807) is 10.9 Å². The summed E-state index contributed by atoms with van der Waals surface area (Å²) in [5, 5.41) is 28.9. The molecule has 2 fully saturated rings. The number of anilines is 1.